The lowest BCUT2D eigenvalue weighted by atomic mass is 10.2. The van der Waals surface area contributed by atoms with Crippen molar-refractivity contribution in [2.75, 3.05) is 26.3 Å². The number of carbonyl (C=O) groups is 1. The summed E-state index contributed by atoms with van der Waals surface area (Å²) in [5, 5.41) is 17.6. The Kier molecular flexibility index (Phi) is 9.44. The number of nitriles is 2. The number of hydrogen-bond acceptors (Lipinski definition) is 7. The molecule has 1 amide bonds. The fourth-order valence-corrected chi connectivity index (χ4v) is 5.94. The maximum absolute atomic E-state index is 13.7. The molecular formula is C24H24FN5O4S2. The highest BCUT2D eigenvalue weighted by Gasteiger charge is 2.24. The normalized spacial score (nSPS) is 12.1. The van der Waals surface area contributed by atoms with E-state index in [0.29, 0.717) is 29.3 Å². The van der Waals surface area contributed by atoms with Gasteiger partial charge in [-0.1, -0.05) is 11.3 Å². The van der Waals surface area contributed by atoms with E-state index in [1.807, 2.05) is 19.1 Å². The number of aromatic nitrogens is 1. The molecule has 3 aromatic rings. The third-order valence-corrected chi connectivity index (χ3v) is 8.14. The van der Waals surface area contributed by atoms with Gasteiger partial charge in [-0.2, -0.15) is 19.8 Å². The summed E-state index contributed by atoms with van der Waals surface area (Å²) in [4.78, 5) is 17.4. The number of nitrogens with zero attached hydrogens (tertiary/aromatic N) is 5. The number of amides is 1. The summed E-state index contributed by atoms with van der Waals surface area (Å²) in [5.41, 5.74) is 0.901. The highest BCUT2D eigenvalue weighted by molar-refractivity contribution is 7.89. The van der Waals surface area contributed by atoms with Crippen molar-refractivity contribution in [2.24, 2.45) is 4.99 Å². The molecule has 1 heterocycles. The smallest absolute Gasteiger partial charge is 0.279 e. The quantitative estimate of drug-likeness (QED) is 0.350. The van der Waals surface area contributed by atoms with Crippen LogP contribution < -0.4 is 4.80 Å². The summed E-state index contributed by atoms with van der Waals surface area (Å²) in [6, 6.07) is 13.5. The summed E-state index contributed by atoms with van der Waals surface area (Å²) >= 11 is 1.17. The van der Waals surface area contributed by atoms with Gasteiger partial charge in [0.05, 0.1) is 33.9 Å². The number of halogens is 1. The molecule has 9 nitrogen and oxygen atoms in total. The first-order valence-corrected chi connectivity index (χ1v) is 13.4. The van der Waals surface area contributed by atoms with Crippen LogP contribution in [0.4, 0.5) is 4.39 Å². The molecule has 0 saturated heterocycles. The Morgan fingerprint density at radius 2 is 1.81 bits per heavy atom. The maximum atomic E-state index is 13.7. The number of thiazole rings is 1. The van der Waals surface area contributed by atoms with Crippen LogP contribution in [0.15, 0.2) is 52.4 Å². The molecule has 1 aromatic heterocycles. The molecule has 0 aliphatic heterocycles. The minimum Gasteiger partial charge on any atom is -0.380 e. The third-order valence-electron chi connectivity index (χ3n) is 5.19. The highest BCUT2D eigenvalue weighted by atomic mass is 32.2. The zero-order valence-electron chi connectivity index (χ0n) is 19.6. The van der Waals surface area contributed by atoms with Gasteiger partial charge in [0, 0.05) is 44.6 Å². The average Bonchev–Trinajstić information content (AvgIpc) is 3.19. The van der Waals surface area contributed by atoms with Gasteiger partial charge in [0.1, 0.15) is 5.82 Å². The Bertz CT molecular complexity index is 1460. The van der Waals surface area contributed by atoms with Crippen LogP contribution in [0, 0.1) is 28.5 Å². The molecule has 0 atom stereocenters. The van der Waals surface area contributed by atoms with Crippen LogP contribution in [0.2, 0.25) is 0 Å². The molecule has 36 heavy (non-hydrogen) atoms. The Morgan fingerprint density at radius 1 is 1.14 bits per heavy atom. The second-order valence-electron chi connectivity index (χ2n) is 7.51. The number of hydrogen-bond donors (Lipinski definition) is 0. The van der Waals surface area contributed by atoms with Crippen molar-refractivity contribution in [3.8, 4) is 12.1 Å². The molecule has 2 aromatic carbocycles. The lowest BCUT2D eigenvalue weighted by Gasteiger charge is -2.20. The van der Waals surface area contributed by atoms with Crippen LogP contribution in [0.25, 0.3) is 10.2 Å². The molecule has 0 aliphatic rings. The van der Waals surface area contributed by atoms with Gasteiger partial charge in [-0.05, 0) is 49.4 Å². The van der Waals surface area contributed by atoms with Crippen molar-refractivity contribution < 1.29 is 22.3 Å². The number of carbonyl (C=O) groups excluding carboxylic acids is 1. The monoisotopic (exact) mass is 529 g/mol. The molecule has 0 radical (unpaired) electrons. The number of ether oxygens (including phenoxy) is 1. The maximum Gasteiger partial charge on any atom is 0.279 e. The molecule has 0 spiro atoms. The van der Waals surface area contributed by atoms with Crippen molar-refractivity contribution in [2.45, 2.75) is 31.2 Å². The van der Waals surface area contributed by atoms with E-state index in [2.05, 4.69) is 4.99 Å². The number of sulfonamides is 1. The second kappa shape index (κ2) is 12.5. The van der Waals surface area contributed by atoms with Gasteiger partial charge in [0.2, 0.25) is 10.0 Å². The first-order valence-electron chi connectivity index (χ1n) is 11.1. The molecule has 0 saturated carbocycles. The van der Waals surface area contributed by atoms with E-state index in [9.17, 15) is 17.6 Å². The molecule has 188 valence electrons. The Labute approximate surface area is 212 Å². The van der Waals surface area contributed by atoms with Crippen molar-refractivity contribution in [3.05, 3.63) is 58.6 Å². The van der Waals surface area contributed by atoms with Gasteiger partial charge in [0.15, 0.2) is 4.80 Å². The Morgan fingerprint density at radius 3 is 2.42 bits per heavy atom. The topological polar surface area (TPSA) is 129 Å². The van der Waals surface area contributed by atoms with Crippen LogP contribution in [-0.4, -0.2) is 49.5 Å². The lowest BCUT2D eigenvalue weighted by Crippen LogP contribution is -2.32. The first-order chi connectivity index (χ1) is 17.3. The zero-order valence-corrected chi connectivity index (χ0v) is 21.2. The Hall–Kier alpha value is -3.42. The number of fused-ring (bicyclic) bond motifs is 1. The molecule has 12 heteroatoms. The predicted octanol–water partition coefficient (Wildman–Crippen LogP) is 3.44. The van der Waals surface area contributed by atoms with Crippen molar-refractivity contribution in [1.82, 2.24) is 8.87 Å². The van der Waals surface area contributed by atoms with E-state index in [0.717, 1.165) is 9.82 Å². The van der Waals surface area contributed by atoms with Crippen molar-refractivity contribution in [1.29, 1.82) is 10.5 Å². The minimum absolute atomic E-state index is 0.0114. The number of rotatable bonds is 11. The standard InChI is InChI=1S/C24H24FN5O4S2/c1-2-34-16-15-30-21-10-7-19(25)17-22(21)35-24(30)28-23(31)18-5-8-20(9-6-18)36(32,33)29(13-3-11-26)14-4-12-27/h5-10,17H,2-4,13-16H2,1H3. The molecule has 3 rings (SSSR count). The SMILES string of the molecule is CCOCCn1c(=NC(=O)c2ccc(S(=O)(=O)N(CCC#N)CCC#N)cc2)sc2cc(F)ccc21. The molecule has 0 N–H and O–H groups in total. The van der Waals surface area contributed by atoms with Gasteiger partial charge in [-0.25, -0.2) is 12.8 Å². The number of benzene rings is 2. The lowest BCUT2D eigenvalue weighted by molar-refractivity contribution is 0.0996. The summed E-state index contributed by atoms with van der Waals surface area (Å²) in [5.74, 6) is -0.976. The fraction of sp³-hybridized carbons (Fsp3) is 0.333. The summed E-state index contributed by atoms with van der Waals surface area (Å²) < 4.78 is 48.6. The van der Waals surface area contributed by atoms with Crippen molar-refractivity contribution >= 4 is 37.5 Å². The highest BCUT2D eigenvalue weighted by Crippen LogP contribution is 2.20. The molecule has 0 unspecified atom stereocenters. The molecule has 0 bridgehead atoms. The van der Waals surface area contributed by atoms with Gasteiger partial charge >= 0.3 is 0 Å². The van der Waals surface area contributed by atoms with Gasteiger partial charge < -0.3 is 9.30 Å². The Balaban J connectivity index is 1.92. The van der Waals surface area contributed by atoms with Gasteiger partial charge in [-0.3, -0.25) is 4.79 Å². The van der Waals surface area contributed by atoms with Gasteiger partial charge in [-0.15, -0.1) is 0 Å². The first kappa shape index (κ1) is 27.2. The van der Waals surface area contributed by atoms with Crippen LogP contribution in [0.1, 0.15) is 30.1 Å². The minimum atomic E-state index is -3.95. The van der Waals surface area contributed by atoms with E-state index in [4.69, 9.17) is 15.3 Å². The molecule has 0 fully saturated rings. The summed E-state index contributed by atoms with van der Waals surface area (Å²) in [6.07, 6.45) is -0.0229. The van der Waals surface area contributed by atoms with Crippen LogP contribution >= 0.6 is 11.3 Å². The van der Waals surface area contributed by atoms with E-state index < -0.39 is 21.7 Å². The zero-order chi connectivity index (χ0) is 26.1. The van der Waals surface area contributed by atoms with Crippen LogP contribution in [-0.2, 0) is 21.3 Å². The van der Waals surface area contributed by atoms with Crippen LogP contribution in [0.5, 0.6) is 0 Å². The second-order valence-corrected chi connectivity index (χ2v) is 10.5. The van der Waals surface area contributed by atoms with E-state index >= 15 is 0 Å². The molecule has 0 aliphatic carbocycles. The van der Waals surface area contributed by atoms with E-state index in [-0.39, 0.29) is 36.4 Å². The largest absolute Gasteiger partial charge is 0.380 e. The van der Waals surface area contributed by atoms with E-state index in [1.54, 1.807) is 10.6 Å². The fourth-order valence-electron chi connectivity index (χ4n) is 3.42. The summed E-state index contributed by atoms with van der Waals surface area (Å²) in [7, 11) is -3.95. The van der Waals surface area contributed by atoms with Gasteiger partial charge in [0.25, 0.3) is 5.91 Å². The molecular weight excluding hydrogens is 505 g/mol. The van der Waals surface area contributed by atoms with E-state index in [1.165, 1.54) is 47.7 Å². The average molecular weight is 530 g/mol. The van der Waals surface area contributed by atoms with Crippen molar-refractivity contribution in [3.63, 3.8) is 0 Å². The predicted molar refractivity (Wildman–Crippen MR) is 132 cm³/mol. The summed E-state index contributed by atoms with van der Waals surface area (Å²) in [6.45, 7) is 3.14. The third kappa shape index (κ3) is 6.42. The van der Waals surface area contributed by atoms with Crippen LogP contribution in [0.3, 0.4) is 0 Å².